The maximum absolute atomic E-state index is 9.06. The summed E-state index contributed by atoms with van der Waals surface area (Å²) < 4.78 is 94.2. The van der Waals surface area contributed by atoms with Crippen LogP contribution in [0, 0.1) is 0 Å². The van der Waals surface area contributed by atoms with Crippen LogP contribution in [0.15, 0.2) is 206 Å². The van der Waals surface area contributed by atoms with Crippen LogP contribution in [0.1, 0.15) is 40.0 Å². The molecule has 4 heterocycles. The number of hydrogen-bond donors (Lipinski definition) is 0. The largest absolute Gasteiger partial charge is 0.457 e. The Morgan fingerprint density at radius 2 is 1.13 bits per heavy atom. The topological polar surface area (TPSA) is 44.7 Å². The van der Waals surface area contributed by atoms with E-state index in [0.717, 1.165) is 50.7 Å². The zero-order valence-corrected chi connectivity index (χ0v) is 34.7. The van der Waals surface area contributed by atoms with Crippen molar-refractivity contribution < 1.29 is 18.4 Å². The van der Waals surface area contributed by atoms with Crippen LogP contribution < -0.4 is 19.4 Å². The van der Waals surface area contributed by atoms with Gasteiger partial charge in [0.05, 0.1) is 36.5 Å². The van der Waals surface area contributed by atoms with Crippen LogP contribution in [0.2, 0.25) is 0 Å². The Morgan fingerprint density at radius 1 is 0.508 bits per heavy atom. The molecular formula is C57H45N5O. The fourth-order valence-electron chi connectivity index (χ4n) is 8.56. The third-order valence-corrected chi connectivity index (χ3v) is 11.5. The van der Waals surface area contributed by atoms with Gasteiger partial charge in [-0.05, 0) is 93.9 Å². The van der Waals surface area contributed by atoms with Crippen molar-refractivity contribution in [2.45, 2.75) is 26.2 Å². The highest BCUT2D eigenvalue weighted by Gasteiger charge is 2.32. The third kappa shape index (κ3) is 6.86. The number of para-hydroxylation sites is 3. The highest BCUT2D eigenvalue weighted by Crippen LogP contribution is 2.52. The standard InChI is InChI=1S/C57H45N5O/c1-57(2,3)41-32-34-58-54(35-41)62-53-37-44(30-31-49(53)47-23-10-11-24-48(47)50-27-16-33-59-56(50)62)63-43-22-14-21-42(36-43)60-38-61(52-29-13-12-28-51(52)60)55-45(39-17-6-4-7-18-39)25-15-26-46(55)40-19-8-5-9-20-40/h4-37H,38H2,1-3H3/i4D,5D,6D,7D,8D,9D,17D,18D,19D,20D. The Kier molecular flexibility index (Phi) is 7.02. The summed E-state index contributed by atoms with van der Waals surface area (Å²) in [4.78, 5) is 15.9. The van der Waals surface area contributed by atoms with Crippen LogP contribution in [0.3, 0.4) is 0 Å². The predicted molar refractivity (Wildman–Crippen MR) is 259 cm³/mol. The van der Waals surface area contributed by atoms with Crippen molar-refractivity contribution in [3.8, 4) is 56.0 Å². The Hall–Kier alpha value is -7.96. The summed E-state index contributed by atoms with van der Waals surface area (Å²) >= 11 is 0. The second kappa shape index (κ2) is 15.5. The van der Waals surface area contributed by atoms with Gasteiger partial charge in [0.2, 0.25) is 0 Å². The van der Waals surface area contributed by atoms with Crippen LogP contribution >= 0.6 is 0 Å². The van der Waals surface area contributed by atoms with E-state index >= 15 is 0 Å². The molecule has 2 aliphatic heterocycles. The third-order valence-electron chi connectivity index (χ3n) is 11.5. The van der Waals surface area contributed by atoms with Gasteiger partial charge in [-0.1, -0.05) is 142 Å². The molecule has 304 valence electrons. The van der Waals surface area contributed by atoms with Gasteiger partial charge in [0.25, 0.3) is 0 Å². The molecule has 0 saturated heterocycles. The predicted octanol–water partition coefficient (Wildman–Crippen LogP) is 15.3. The summed E-state index contributed by atoms with van der Waals surface area (Å²) in [6.07, 6.45) is 3.63. The maximum Gasteiger partial charge on any atom is 0.146 e. The van der Waals surface area contributed by atoms with Crippen molar-refractivity contribution >= 4 is 40.1 Å². The second-order valence-corrected chi connectivity index (χ2v) is 16.4. The summed E-state index contributed by atoms with van der Waals surface area (Å²) in [5, 5.41) is 0. The number of fused-ring (bicyclic) bond motifs is 6. The SMILES string of the molecule is [2H]c1c([2H])c([2H])c(-c2cccc(-c3c([2H])c([2H])c([2H])c([2H])c3[2H])c2N2CN(c3cccc(Oc4ccc5c(c4)N(c4cc(C(C)(C)C)ccn4)c4ncccc4-c4ccccc4-5)c3)c3ccccc32)c([2H])c1[2H]. The molecule has 6 nitrogen and oxygen atoms in total. The number of hydrogen-bond acceptors (Lipinski definition) is 6. The fraction of sp³-hybridized carbons (Fsp3) is 0.0877. The van der Waals surface area contributed by atoms with E-state index in [1.807, 2.05) is 101 Å². The molecule has 2 aliphatic rings. The van der Waals surface area contributed by atoms with Crippen molar-refractivity contribution in [2.24, 2.45) is 0 Å². The molecule has 11 rings (SSSR count). The van der Waals surface area contributed by atoms with Crippen molar-refractivity contribution in [2.75, 3.05) is 21.4 Å². The van der Waals surface area contributed by atoms with Crippen LogP contribution in [0.25, 0.3) is 44.5 Å². The summed E-state index contributed by atoms with van der Waals surface area (Å²) in [5.41, 5.74) is 8.47. The average Bonchev–Trinajstić information content (AvgIpc) is 3.73. The number of nitrogens with zero attached hydrogens (tertiary/aromatic N) is 5. The number of aromatic nitrogens is 2. The molecule has 0 atom stereocenters. The molecule has 9 aromatic rings. The zero-order chi connectivity index (χ0) is 51.2. The minimum Gasteiger partial charge on any atom is -0.457 e. The Morgan fingerprint density at radius 3 is 1.84 bits per heavy atom. The number of rotatable bonds is 7. The summed E-state index contributed by atoms with van der Waals surface area (Å²) in [5.74, 6) is 2.52. The van der Waals surface area contributed by atoms with Gasteiger partial charge in [-0.3, -0.25) is 4.90 Å². The van der Waals surface area contributed by atoms with E-state index in [4.69, 9.17) is 28.4 Å². The van der Waals surface area contributed by atoms with E-state index in [9.17, 15) is 0 Å². The summed E-state index contributed by atoms with van der Waals surface area (Å²) in [6.45, 7) is 6.63. The van der Waals surface area contributed by atoms with Crippen LogP contribution in [-0.2, 0) is 5.41 Å². The van der Waals surface area contributed by atoms with Crippen LogP contribution in [0.5, 0.6) is 11.5 Å². The first-order valence-corrected chi connectivity index (χ1v) is 20.7. The molecule has 63 heavy (non-hydrogen) atoms. The van der Waals surface area contributed by atoms with E-state index in [2.05, 4.69) is 56.0 Å². The van der Waals surface area contributed by atoms with Gasteiger partial charge < -0.3 is 14.5 Å². The average molecular weight is 826 g/mol. The minimum absolute atomic E-state index is 0.0960. The van der Waals surface area contributed by atoms with Gasteiger partial charge in [-0.25, -0.2) is 9.97 Å². The molecule has 2 aromatic heterocycles. The lowest BCUT2D eigenvalue weighted by Crippen LogP contribution is -2.24. The van der Waals surface area contributed by atoms with E-state index in [0.29, 0.717) is 23.0 Å². The van der Waals surface area contributed by atoms with Gasteiger partial charge in [0.1, 0.15) is 29.8 Å². The van der Waals surface area contributed by atoms with E-state index < -0.39 is 60.4 Å². The number of ether oxygens (including phenoxy) is 1. The highest BCUT2D eigenvalue weighted by atomic mass is 16.5. The molecular weight excluding hydrogens is 771 g/mol. The number of benzene rings is 7. The van der Waals surface area contributed by atoms with Gasteiger partial charge >= 0.3 is 0 Å². The lowest BCUT2D eigenvalue weighted by molar-refractivity contribution is 0.483. The monoisotopic (exact) mass is 825 g/mol. The molecule has 0 bridgehead atoms. The molecule has 0 saturated carbocycles. The van der Waals surface area contributed by atoms with Crippen molar-refractivity contribution in [3.05, 3.63) is 212 Å². The fourth-order valence-corrected chi connectivity index (χ4v) is 8.56. The molecule has 6 heteroatoms. The minimum atomic E-state index is -0.555. The van der Waals surface area contributed by atoms with E-state index in [-0.39, 0.29) is 40.0 Å². The van der Waals surface area contributed by atoms with Gasteiger partial charge in [0.15, 0.2) is 0 Å². The maximum atomic E-state index is 9.06. The molecule has 0 N–H and O–H groups in total. The van der Waals surface area contributed by atoms with Crippen LogP contribution in [0.4, 0.5) is 40.1 Å². The number of anilines is 7. The second-order valence-electron chi connectivity index (χ2n) is 16.4. The van der Waals surface area contributed by atoms with Gasteiger partial charge in [-0.2, -0.15) is 0 Å². The first-order valence-electron chi connectivity index (χ1n) is 25.7. The highest BCUT2D eigenvalue weighted by molar-refractivity contribution is 6.02. The van der Waals surface area contributed by atoms with Crippen molar-refractivity contribution in [3.63, 3.8) is 0 Å². The smallest absolute Gasteiger partial charge is 0.146 e. The summed E-state index contributed by atoms with van der Waals surface area (Å²) in [6, 6.07) is 37.6. The van der Waals surface area contributed by atoms with Gasteiger partial charge in [0, 0.05) is 52.5 Å². The molecule has 0 fully saturated rings. The lowest BCUT2D eigenvalue weighted by atomic mass is 9.88. The molecule has 0 aliphatic carbocycles. The van der Waals surface area contributed by atoms with Gasteiger partial charge in [-0.15, -0.1) is 0 Å². The molecule has 0 radical (unpaired) electrons. The zero-order valence-electron chi connectivity index (χ0n) is 44.7. The number of pyridine rings is 2. The van der Waals surface area contributed by atoms with E-state index in [1.54, 1.807) is 24.4 Å². The van der Waals surface area contributed by atoms with E-state index in [1.165, 1.54) is 0 Å². The quantitative estimate of drug-likeness (QED) is 0.159. The van der Waals surface area contributed by atoms with Crippen LogP contribution in [-0.4, -0.2) is 16.6 Å². The Balaban J connectivity index is 1.03. The van der Waals surface area contributed by atoms with Crippen molar-refractivity contribution in [1.29, 1.82) is 0 Å². The lowest BCUT2D eigenvalue weighted by Gasteiger charge is -2.27. The first kappa shape index (κ1) is 28.5. The molecule has 0 unspecified atom stereocenters. The Labute approximate surface area is 383 Å². The molecule has 0 amide bonds. The first-order chi connectivity index (χ1) is 35.0. The molecule has 7 aromatic carbocycles. The normalized spacial score (nSPS) is 15.1. The Bertz CT molecular complexity index is 3600. The van der Waals surface area contributed by atoms with Crippen molar-refractivity contribution in [1.82, 2.24) is 9.97 Å². The molecule has 0 spiro atoms. The summed E-state index contributed by atoms with van der Waals surface area (Å²) in [7, 11) is 0.